The fourth-order valence-electron chi connectivity index (χ4n) is 1.79. The third kappa shape index (κ3) is 5.14. The van der Waals surface area contributed by atoms with E-state index in [0.717, 1.165) is 25.9 Å². The summed E-state index contributed by atoms with van der Waals surface area (Å²) < 4.78 is 0. The highest BCUT2D eigenvalue weighted by molar-refractivity contribution is 5.76. The van der Waals surface area contributed by atoms with Crippen molar-refractivity contribution >= 4 is 5.91 Å². The summed E-state index contributed by atoms with van der Waals surface area (Å²) >= 11 is 0. The second-order valence-corrected chi connectivity index (χ2v) is 4.53. The van der Waals surface area contributed by atoms with Crippen molar-refractivity contribution in [3.63, 3.8) is 0 Å². The molecule has 1 atom stereocenters. The Morgan fingerprint density at radius 2 is 2.13 bits per heavy atom. The lowest BCUT2D eigenvalue weighted by Gasteiger charge is -2.29. The Balaban J connectivity index is 2.15. The maximum atomic E-state index is 11.5. The average Bonchev–Trinajstić information content (AvgIpc) is 2.19. The van der Waals surface area contributed by atoms with Crippen LogP contribution in [0.2, 0.25) is 0 Å². The van der Waals surface area contributed by atoms with Gasteiger partial charge in [0.25, 0.3) is 0 Å². The first-order valence-corrected chi connectivity index (χ1v) is 5.74. The van der Waals surface area contributed by atoms with Gasteiger partial charge >= 0.3 is 0 Å². The first-order chi connectivity index (χ1) is 7.08. The van der Waals surface area contributed by atoms with E-state index in [4.69, 9.17) is 5.11 Å². The van der Waals surface area contributed by atoms with Gasteiger partial charge in [-0.2, -0.15) is 0 Å². The van der Waals surface area contributed by atoms with Crippen LogP contribution in [0.4, 0.5) is 0 Å². The van der Waals surface area contributed by atoms with Crippen LogP contribution in [0, 0.1) is 0 Å². The Labute approximate surface area is 91.6 Å². The van der Waals surface area contributed by atoms with E-state index in [0.29, 0.717) is 18.9 Å². The molecular weight excluding hydrogens is 192 g/mol. The van der Waals surface area contributed by atoms with Gasteiger partial charge < -0.3 is 15.3 Å². The summed E-state index contributed by atoms with van der Waals surface area (Å²) in [6.07, 6.45) is 2.68. The molecule has 1 heterocycles. The molecular formula is C11H22N2O2. The zero-order valence-corrected chi connectivity index (χ0v) is 9.70. The maximum Gasteiger partial charge on any atom is 0.220 e. The first-order valence-electron chi connectivity index (χ1n) is 5.74. The number of rotatable bonds is 4. The van der Waals surface area contributed by atoms with Gasteiger partial charge in [0.15, 0.2) is 0 Å². The SMILES string of the molecule is CC(O)CCC(=O)NC1CCN(C)CC1. The van der Waals surface area contributed by atoms with Gasteiger partial charge in [-0.15, -0.1) is 0 Å². The number of aliphatic hydroxyl groups excluding tert-OH is 1. The number of carbonyl (C=O) groups is 1. The molecule has 1 rings (SSSR count). The van der Waals surface area contributed by atoms with Crippen molar-refractivity contribution in [3.8, 4) is 0 Å². The van der Waals surface area contributed by atoms with Crippen molar-refractivity contribution in [1.29, 1.82) is 0 Å². The van der Waals surface area contributed by atoms with Crippen molar-refractivity contribution in [2.75, 3.05) is 20.1 Å². The molecule has 1 fully saturated rings. The Bertz CT molecular complexity index is 199. The topological polar surface area (TPSA) is 52.6 Å². The number of nitrogens with one attached hydrogen (secondary N) is 1. The lowest BCUT2D eigenvalue weighted by Crippen LogP contribution is -2.43. The van der Waals surface area contributed by atoms with Gasteiger partial charge in [0.05, 0.1) is 6.10 Å². The zero-order chi connectivity index (χ0) is 11.3. The molecule has 1 saturated heterocycles. The molecule has 4 heteroatoms. The van der Waals surface area contributed by atoms with Gasteiger partial charge in [0.2, 0.25) is 5.91 Å². The van der Waals surface area contributed by atoms with Crippen LogP contribution in [-0.2, 0) is 4.79 Å². The van der Waals surface area contributed by atoms with Crippen LogP contribution < -0.4 is 5.32 Å². The Hall–Kier alpha value is -0.610. The first kappa shape index (κ1) is 12.5. The monoisotopic (exact) mass is 214 g/mol. The van der Waals surface area contributed by atoms with Crippen LogP contribution in [-0.4, -0.2) is 48.2 Å². The summed E-state index contributed by atoms with van der Waals surface area (Å²) in [7, 11) is 2.10. The molecule has 0 radical (unpaired) electrons. The normalized spacial score (nSPS) is 21.3. The maximum absolute atomic E-state index is 11.5. The van der Waals surface area contributed by atoms with Crippen LogP contribution in [0.3, 0.4) is 0 Å². The van der Waals surface area contributed by atoms with Gasteiger partial charge in [-0.1, -0.05) is 0 Å². The zero-order valence-electron chi connectivity index (χ0n) is 9.70. The second kappa shape index (κ2) is 6.08. The van der Waals surface area contributed by atoms with Crippen molar-refractivity contribution < 1.29 is 9.90 Å². The van der Waals surface area contributed by atoms with Gasteiger partial charge in [-0.3, -0.25) is 4.79 Å². The third-order valence-corrected chi connectivity index (χ3v) is 2.87. The summed E-state index contributed by atoms with van der Waals surface area (Å²) in [5.74, 6) is 0.0745. The molecule has 15 heavy (non-hydrogen) atoms. The molecule has 4 nitrogen and oxygen atoms in total. The molecule has 0 aliphatic carbocycles. The molecule has 1 unspecified atom stereocenters. The van der Waals surface area contributed by atoms with Crippen molar-refractivity contribution in [1.82, 2.24) is 10.2 Å². The molecule has 0 aromatic heterocycles. The quantitative estimate of drug-likeness (QED) is 0.710. The van der Waals surface area contributed by atoms with E-state index >= 15 is 0 Å². The number of carbonyl (C=O) groups excluding carboxylic acids is 1. The molecule has 1 aliphatic rings. The molecule has 0 aromatic rings. The minimum atomic E-state index is -0.381. The fraction of sp³-hybridized carbons (Fsp3) is 0.909. The minimum absolute atomic E-state index is 0.0745. The molecule has 88 valence electrons. The third-order valence-electron chi connectivity index (χ3n) is 2.87. The predicted molar refractivity (Wildman–Crippen MR) is 59.6 cm³/mol. The molecule has 0 saturated carbocycles. The number of piperidine rings is 1. The van der Waals surface area contributed by atoms with Crippen molar-refractivity contribution in [2.45, 2.75) is 44.8 Å². The van der Waals surface area contributed by atoms with E-state index in [9.17, 15) is 4.79 Å². The summed E-state index contributed by atoms with van der Waals surface area (Å²) in [5.41, 5.74) is 0. The van der Waals surface area contributed by atoms with Crippen molar-refractivity contribution in [2.24, 2.45) is 0 Å². The van der Waals surface area contributed by atoms with E-state index in [1.807, 2.05) is 0 Å². The summed E-state index contributed by atoms with van der Waals surface area (Å²) in [4.78, 5) is 13.7. The highest BCUT2D eigenvalue weighted by Crippen LogP contribution is 2.08. The van der Waals surface area contributed by atoms with Crippen LogP contribution in [0.1, 0.15) is 32.6 Å². The van der Waals surface area contributed by atoms with Gasteiger partial charge in [-0.25, -0.2) is 0 Å². The standard InChI is InChI=1S/C11H22N2O2/c1-9(14)3-4-11(15)12-10-5-7-13(2)8-6-10/h9-10,14H,3-8H2,1-2H3,(H,12,15). The number of aliphatic hydroxyl groups is 1. The molecule has 1 amide bonds. The number of hydrogen-bond acceptors (Lipinski definition) is 3. The van der Waals surface area contributed by atoms with Crippen LogP contribution in [0.15, 0.2) is 0 Å². The van der Waals surface area contributed by atoms with E-state index in [1.165, 1.54) is 0 Å². The Morgan fingerprint density at radius 3 is 2.67 bits per heavy atom. The smallest absolute Gasteiger partial charge is 0.220 e. The van der Waals surface area contributed by atoms with Crippen LogP contribution in [0.5, 0.6) is 0 Å². The minimum Gasteiger partial charge on any atom is -0.393 e. The van der Waals surface area contributed by atoms with E-state index in [1.54, 1.807) is 6.92 Å². The summed E-state index contributed by atoms with van der Waals surface area (Å²) in [6.45, 7) is 3.82. The Morgan fingerprint density at radius 1 is 1.53 bits per heavy atom. The molecule has 0 aromatic carbocycles. The highest BCUT2D eigenvalue weighted by atomic mass is 16.3. The second-order valence-electron chi connectivity index (χ2n) is 4.53. The van der Waals surface area contributed by atoms with Gasteiger partial charge in [0.1, 0.15) is 0 Å². The summed E-state index contributed by atoms with van der Waals surface area (Å²) in [6, 6.07) is 0.336. The van der Waals surface area contributed by atoms with Crippen molar-refractivity contribution in [3.05, 3.63) is 0 Å². The number of hydrogen-bond donors (Lipinski definition) is 2. The van der Waals surface area contributed by atoms with E-state index in [-0.39, 0.29) is 12.0 Å². The average molecular weight is 214 g/mol. The largest absolute Gasteiger partial charge is 0.393 e. The molecule has 1 aliphatic heterocycles. The van der Waals surface area contributed by atoms with E-state index in [2.05, 4.69) is 17.3 Å². The Kier molecular flexibility index (Phi) is 5.05. The number of amides is 1. The highest BCUT2D eigenvalue weighted by Gasteiger charge is 2.18. The lowest BCUT2D eigenvalue weighted by atomic mass is 10.1. The van der Waals surface area contributed by atoms with E-state index < -0.39 is 0 Å². The molecule has 0 bridgehead atoms. The fourth-order valence-corrected chi connectivity index (χ4v) is 1.79. The number of likely N-dealkylation sites (tertiary alicyclic amines) is 1. The van der Waals surface area contributed by atoms with Gasteiger partial charge in [0, 0.05) is 12.5 Å². The number of nitrogens with zero attached hydrogens (tertiary/aromatic N) is 1. The van der Waals surface area contributed by atoms with Gasteiger partial charge in [-0.05, 0) is 46.3 Å². The predicted octanol–water partition coefficient (Wildman–Crippen LogP) is 0.358. The summed E-state index contributed by atoms with van der Waals surface area (Å²) in [5, 5.41) is 12.1. The van der Waals surface area contributed by atoms with Crippen LogP contribution >= 0.6 is 0 Å². The van der Waals surface area contributed by atoms with Crippen LogP contribution in [0.25, 0.3) is 0 Å². The molecule has 0 spiro atoms. The molecule has 2 N–H and O–H groups in total. The lowest BCUT2D eigenvalue weighted by molar-refractivity contribution is -0.122.